The molecule has 0 saturated carbocycles. The lowest BCUT2D eigenvalue weighted by Crippen LogP contribution is -2.33. The quantitative estimate of drug-likeness (QED) is 0.720. The van der Waals surface area contributed by atoms with Gasteiger partial charge >= 0.3 is 12.2 Å². The molecule has 1 atom stereocenters. The largest absolute Gasteiger partial charge is 0.416 e. The van der Waals surface area contributed by atoms with Crippen molar-refractivity contribution in [2.45, 2.75) is 12.2 Å². The van der Waals surface area contributed by atoms with Gasteiger partial charge in [-0.15, -0.1) is 0 Å². The molecule has 0 spiro atoms. The zero-order valence-electron chi connectivity index (χ0n) is 14.0. The summed E-state index contributed by atoms with van der Waals surface area (Å²) < 4.78 is 40.3. The number of alkyl halides is 3. The van der Waals surface area contributed by atoms with Gasteiger partial charge in [-0.3, -0.25) is 0 Å². The molecule has 1 aliphatic heterocycles. The first-order valence-electron chi connectivity index (χ1n) is 8.27. The Morgan fingerprint density at radius 1 is 1.15 bits per heavy atom. The van der Waals surface area contributed by atoms with Crippen molar-refractivity contribution in [1.29, 1.82) is 0 Å². The van der Waals surface area contributed by atoms with E-state index in [1.54, 1.807) is 12.5 Å². The minimum Gasteiger partial charge on any atom is -0.335 e. The summed E-state index contributed by atoms with van der Waals surface area (Å²) >= 11 is 0. The van der Waals surface area contributed by atoms with Gasteiger partial charge in [-0.1, -0.05) is 30.3 Å². The fourth-order valence-electron chi connectivity index (χ4n) is 3.28. The number of nitrogens with zero attached hydrogens (tertiary/aromatic N) is 2. The van der Waals surface area contributed by atoms with Crippen molar-refractivity contribution in [3.05, 3.63) is 72.2 Å². The Morgan fingerprint density at radius 3 is 2.78 bits per heavy atom. The highest BCUT2D eigenvalue weighted by atomic mass is 19.4. The van der Waals surface area contributed by atoms with Gasteiger partial charge in [-0.2, -0.15) is 13.2 Å². The average Bonchev–Trinajstić information content (AvgIpc) is 3.21. The van der Waals surface area contributed by atoms with Crippen LogP contribution in [0.2, 0.25) is 0 Å². The van der Waals surface area contributed by atoms with Crippen LogP contribution in [0.3, 0.4) is 0 Å². The van der Waals surface area contributed by atoms with Crippen LogP contribution in [0.15, 0.2) is 61.1 Å². The number of carbonyl (C=O) groups excluding carboxylic acids is 1. The normalized spacial score (nSPS) is 15.1. The summed E-state index contributed by atoms with van der Waals surface area (Å²) in [5, 5.41) is 5.17. The molecule has 1 unspecified atom stereocenters. The molecule has 27 heavy (non-hydrogen) atoms. The summed E-state index contributed by atoms with van der Waals surface area (Å²) in [6.07, 6.45) is -0.993. The lowest BCUT2D eigenvalue weighted by atomic mass is 10.0. The Hall–Kier alpha value is -3.29. The predicted octanol–water partition coefficient (Wildman–Crippen LogP) is 4.29. The first kappa shape index (κ1) is 17.1. The number of amides is 2. The first-order valence-corrected chi connectivity index (χ1v) is 8.27. The molecule has 1 aromatic heterocycles. The number of hydrogen-bond donors (Lipinski definition) is 2. The molecule has 5 nitrogen and oxygen atoms in total. The van der Waals surface area contributed by atoms with Crippen LogP contribution in [-0.2, 0) is 6.18 Å². The van der Waals surface area contributed by atoms with Gasteiger partial charge in [0.15, 0.2) is 0 Å². The van der Waals surface area contributed by atoms with E-state index in [1.807, 2.05) is 28.8 Å². The molecule has 138 valence electrons. The Balaban J connectivity index is 1.45. The van der Waals surface area contributed by atoms with Crippen molar-refractivity contribution < 1.29 is 18.0 Å². The van der Waals surface area contributed by atoms with E-state index in [4.69, 9.17) is 0 Å². The minimum atomic E-state index is -4.46. The molecule has 2 N–H and O–H groups in total. The van der Waals surface area contributed by atoms with E-state index in [-0.39, 0.29) is 18.3 Å². The number of benzene rings is 2. The topological polar surface area (TPSA) is 59.0 Å². The summed E-state index contributed by atoms with van der Waals surface area (Å²) in [6.45, 7) is 0.283. The zero-order chi connectivity index (χ0) is 19.0. The van der Waals surface area contributed by atoms with Gasteiger partial charge in [0.2, 0.25) is 0 Å². The maximum Gasteiger partial charge on any atom is 0.416 e. The number of fused-ring (bicyclic) bond motifs is 3. The third-order valence-electron chi connectivity index (χ3n) is 4.50. The monoisotopic (exact) mass is 372 g/mol. The SMILES string of the molecule is O=C(NCC1c2ccccc2-c2cncn21)Nc1cccc(C(F)(F)F)c1. The molecule has 2 aromatic carbocycles. The molecule has 2 amide bonds. The van der Waals surface area contributed by atoms with Crippen molar-refractivity contribution in [3.8, 4) is 11.3 Å². The molecule has 2 heterocycles. The molecule has 4 rings (SSSR count). The van der Waals surface area contributed by atoms with E-state index in [1.165, 1.54) is 12.1 Å². The molecule has 0 bridgehead atoms. The number of hydrogen-bond acceptors (Lipinski definition) is 2. The van der Waals surface area contributed by atoms with Crippen LogP contribution in [0.5, 0.6) is 0 Å². The van der Waals surface area contributed by atoms with E-state index in [0.29, 0.717) is 0 Å². The van der Waals surface area contributed by atoms with E-state index in [0.717, 1.165) is 29.0 Å². The summed E-state index contributed by atoms with van der Waals surface area (Å²) in [5.74, 6) is 0. The molecule has 0 aliphatic carbocycles. The van der Waals surface area contributed by atoms with E-state index >= 15 is 0 Å². The summed E-state index contributed by atoms with van der Waals surface area (Å²) in [5.41, 5.74) is 2.36. The molecular formula is C19H15F3N4O. The first-order chi connectivity index (χ1) is 12.9. The van der Waals surface area contributed by atoms with Crippen LogP contribution in [0.4, 0.5) is 23.7 Å². The third kappa shape index (κ3) is 3.25. The van der Waals surface area contributed by atoms with Crippen LogP contribution in [-0.4, -0.2) is 22.1 Å². The molecule has 0 fully saturated rings. The van der Waals surface area contributed by atoms with Gasteiger partial charge in [-0.05, 0) is 23.8 Å². The van der Waals surface area contributed by atoms with Crippen LogP contribution >= 0.6 is 0 Å². The Morgan fingerprint density at radius 2 is 1.96 bits per heavy atom. The lowest BCUT2D eigenvalue weighted by molar-refractivity contribution is -0.137. The number of aromatic nitrogens is 2. The van der Waals surface area contributed by atoms with Crippen molar-refractivity contribution >= 4 is 11.7 Å². The Kier molecular flexibility index (Phi) is 4.10. The fourth-order valence-corrected chi connectivity index (χ4v) is 3.28. The van der Waals surface area contributed by atoms with Crippen molar-refractivity contribution in [2.75, 3.05) is 11.9 Å². The summed E-state index contributed by atoms with van der Waals surface area (Å²) in [7, 11) is 0. The molecule has 0 saturated heterocycles. The van der Waals surface area contributed by atoms with Crippen molar-refractivity contribution in [3.63, 3.8) is 0 Å². The maximum absolute atomic E-state index is 12.8. The predicted molar refractivity (Wildman–Crippen MR) is 94.3 cm³/mol. The molecule has 8 heteroatoms. The molecular weight excluding hydrogens is 357 g/mol. The standard InChI is InChI=1S/C19H15F3N4O/c20-19(21,22)12-4-3-5-13(8-12)25-18(27)24-10-17-15-7-2-1-6-14(15)16-9-23-11-26(16)17/h1-9,11,17H,10H2,(H2,24,25,27). The number of urea groups is 1. The van der Waals surface area contributed by atoms with Crippen molar-refractivity contribution in [1.82, 2.24) is 14.9 Å². The second-order valence-corrected chi connectivity index (χ2v) is 6.20. The summed E-state index contributed by atoms with van der Waals surface area (Å²) in [6, 6.07) is 11.7. The summed E-state index contributed by atoms with van der Waals surface area (Å²) in [4.78, 5) is 16.3. The van der Waals surface area contributed by atoms with E-state index < -0.39 is 17.8 Å². The lowest BCUT2D eigenvalue weighted by Gasteiger charge is -2.16. The minimum absolute atomic E-state index is 0.0810. The number of rotatable bonds is 3. The maximum atomic E-state index is 12.8. The number of imidazole rings is 1. The van der Waals surface area contributed by atoms with Gasteiger partial charge in [-0.25, -0.2) is 9.78 Å². The highest BCUT2D eigenvalue weighted by Crippen LogP contribution is 2.38. The highest BCUT2D eigenvalue weighted by molar-refractivity contribution is 5.89. The highest BCUT2D eigenvalue weighted by Gasteiger charge is 2.31. The zero-order valence-corrected chi connectivity index (χ0v) is 14.0. The van der Waals surface area contributed by atoms with Crippen molar-refractivity contribution in [2.24, 2.45) is 0 Å². The number of nitrogens with one attached hydrogen (secondary N) is 2. The Labute approximate surface area is 152 Å². The van der Waals surface area contributed by atoms with Gasteiger partial charge in [0.1, 0.15) is 0 Å². The second kappa shape index (κ2) is 6.46. The third-order valence-corrected chi connectivity index (χ3v) is 4.50. The molecule has 0 radical (unpaired) electrons. The smallest absolute Gasteiger partial charge is 0.335 e. The second-order valence-electron chi connectivity index (χ2n) is 6.20. The van der Waals surface area contributed by atoms with Crippen LogP contribution < -0.4 is 10.6 Å². The Bertz CT molecular complexity index is 996. The number of halogens is 3. The van der Waals surface area contributed by atoms with Crippen LogP contribution in [0, 0.1) is 0 Å². The van der Waals surface area contributed by atoms with Gasteiger partial charge in [0.25, 0.3) is 0 Å². The van der Waals surface area contributed by atoms with Gasteiger partial charge in [0.05, 0.1) is 29.8 Å². The van der Waals surface area contributed by atoms with Crippen LogP contribution in [0.25, 0.3) is 11.3 Å². The fraction of sp³-hybridized carbons (Fsp3) is 0.158. The molecule has 1 aliphatic rings. The molecule has 3 aromatic rings. The van der Waals surface area contributed by atoms with E-state index in [2.05, 4.69) is 15.6 Å². The van der Waals surface area contributed by atoms with Gasteiger partial charge < -0.3 is 15.2 Å². The average molecular weight is 372 g/mol. The van der Waals surface area contributed by atoms with Gasteiger partial charge in [0, 0.05) is 17.8 Å². The number of anilines is 1. The number of carbonyl (C=O) groups is 1. The van der Waals surface area contributed by atoms with E-state index in [9.17, 15) is 18.0 Å². The van der Waals surface area contributed by atoms with Crippen LogP contribution in [0.1, 0.15) is 17.2 Å².